The van der Waals surface area contributed by atoms with Crippen molar-refractivity contribution >= 4 is 135 Å². The lowest BCUT2D eigenvalue weighted by atomic mass is 10.2. The molecule has 0 atom stereocenters. The van der Waals surface area contributed by atoms with Crippen LogP contribution in [0.3, 0.4) is 0 Å². The minimum absolute atomic E-state index is 0.767. The molecule has 0 saturated heterocycles. The molecule has 680 valence electrons. The molecular formula is C85H204O12Si16. The van der Waals surface area contributed by atoms with Crippen molar-refractivity contribution in [3.8, 4) is 0 Å². The summed E-state index contributed by atoms with van der Waals surface area (Å²) in [7, 11) is -43.2. The van der Waals surface area contributed by atoms with Crippen LogP contribution in [0.2, 0.25) is 254 Å². The van der Waals surface area contributed by atoms with Gasteiger partial charge in [0.2, 0.25) is 0 Å². The first kappa shape index (κ1) is 116. The van der Waals surface area contributed by atoms with Gasteiger partial charge in [-0.05, 0) is 230 Å². The lowest BCUT2D eigenvalue weighted by Crippen LogP contribution is -2.64. The standard InChI is InChI=1S/C85H204O12Si16/c1-35-44-53-62-71-98(10,11)89-111(90-99(12,13)72-63-54-45-36-2,91-100(14,15)73-64-55-46-37-3)83-80-107(28,29)86-110(34,87-108(30,31)81-84-112(92-101(16,17)74-65-56-47-38-4,93-102(18,19)75-66-57-48-39-5)94-103(20,21)76-67-58-49-40-6)88-109(32,33)82-85-113(95-104(22,23)77-68-59-50-41-7,96-105(24,25)78-69-60-51-42-8)97-106(26,27)79-70-61-52-43-9/h35-85H2,1-34H3. The van der Waals surface area contributed by atoms with E-state index in [0.717, 1.165) is 90.7 Å². The Labute approximate surface area is 726 Å². The molecule has 12 nitrogen and oxygen atoms in total. The summed E-state index contributed by atoms with van der Waals surface area (Å²) < 4.78 is 98.3. The third-order valence-electron chi connectivity index (χ3n) is 23.1. The average Bonchev–Trinajstić information content (AvgIpc) is 0.785. The van der Waals surface area contributed by atoms with E-state index in [1.165, 1.54) is 231 Å². The summed E-state index contributed by atoms with van der Waals surface area (Å²) in [5.74, 6) is 0. The van der Waals surface area contributed by atoms with Crippen LogP contribution < -0.4 is 0 Å². The van der Waals surface area contributed by atoms with Crippen LogP contribution in [0.4, 0.5) is 0 Å². The van der Waals surface area contributed by atoms with Crippen LogP contribution in [0.1, 0.15) is 293 Å². The molecule has 0 bridgehead atoms. The van der Waals surface area contributed by atoms with Gasteiger partial charge in [-0.1, -0.05) is 293 Å². The normalized spacial score (nSPS) is 14.4. The monoisotopic (exact) mass is 1870 g/mol. The zero-order valence-corrected chi connectivity index (χ0v) is 99.0. The van der Waals surface area contributed by atoms with Gasteiger partial charge in [-0.3, -0.25) is 0 Å². The van der Waals surface area contributed by atoms with Crippen LogP contribution in [0.5, 0.6) is 0 Å². The Bertz CT molecular complexity index is 1940. The van der Waals surface area contributed by atoms with Gasteiger partial charge in [0.05, 0.1) is 0 Å². The highest BCUT2D eigenvalue weighted by Crippen LogP contribution is 2.44. The summed E-state index contributed by atoms with van der Waals surface area (Å²) in [5, 5.41) is 0. The van der Waals surface area contributed by atoms with Crippen molar-refractivity contribution in [1.29, 1.82) is 0 Å². The van der Waals surface area contributed by atoms with Gasteiger partial charge in [0.25, 0.3) is 0 Å². The van der Waals surface area contributed by atoms with Crippen molar-refractivity contribution in [3.05, 3.63) is 0 Å². The highest BCUT2D eigenvalue weighted by atomic mass is 28.5. The van der Waals surface area contributed by atoms with Crippen molar-refractivity contribution in [2.45, 2.75) is 548 Å². The topological polar surface area (TPSA) is 111 Å². The first-order chi connectivity index (χ1) is 52.2. The third kappa shape index (κ3) is 58.1. The van der Waals surface area contributed by atoms with Crippen molar-refractivity contribution in [2.24, 2.45) is 0 Å². The summed E-state index contributed by atoms with van der Waals surface area (Å²) >= 11 is 0. The molecular weight excluding hydrogens is 1660 g/mol. The molecule has 0 radical (unpaired) electrons. The number of hydrogen-bond donors (Lipinski definition) is 0. The van der Waals surface area contributed by atoms with Crippen LogP contribution in [-0.2, 0) is 49.4 Å². The van der Waals surface area contributed by atoms with Gasteiger partial charge < -0.3 is 49.4 Å². The van der Waals surface area contributed by atoms with Crippen molar-refractivity contribution in [1.82, 2.24) is 0 Å². The third-order valence-corrected chi connectivity index (χ3v) is 87.7. The Balaban J connectivity index is 9.39. The molecule has 0 heterocycles. The molecule has 0 aliphatic rings. The largest absolute Gasteiger partial charge is 0.469 e. The lowest BCUT2D eigenvalue weighted by molar-refractivity contribution is 0.238. The molecule has 0 amide bonds. The van der Waals surface area contributed by atoms with E-state index in [-0.39, 0.29) is 0 Å². The molecule has 0 fully saturated rings. The second-order valence-corrected chi connectivity index (χ2v) is 108. The van der Waals surface area contributed by atoms with Crippen LogP contribution in [0.15, 0.2) is 0 Å². The smallest absolute Gasteiger partial charge is 0.417 e. The van der Waals surface area contributed by atoms with Gasteiger partial charge in [-0.15, -0.1) is 0 Å². The highest BCUT2D eigenvalue weighted by Gasteiger charge is 2.59. The molecule has 0 rings (SSSR count). The number of unbranched alkanes of at least 4 members (excludes halogenated alkanes) is 27. The highest BCUT2D eigenvalue weighted by molar-refractivity contribution is 6.96. The van der Waals surface area contributed by atoms with Gasteiger partial charge in [-0.2, -0.15) is 0 Å². The van der Waals surface area contributed by atoms with Crippen LogP contribution in [-0.4, -0.2) is 135 Å². The van der Waals surface area contributed by atoms with E-state index in [9.17, 15) is 0 Å². The minimum atomic E-state index is -3.65. The molecule has 0 aromatic carbocycles. The molecule has 0 aliphatic heterocycles. The maximum atomic E-state index is 8.36. The fourth-order valence-electron chi connectivity index (χ4n) is 16.8. The molecule has 0 aromatic rings. The van der Waals surface area contributed by atoms with E-state index in [2.05, 4.69) is 226 Å². The minimum Gasteiger partial charge on any atom is -0.417 e. The van der Waals surface area contributed by atoms with Crippen LogP contribution in [0.25, 0.3) is 0 Å². The summed E-state index contributed by atoms with van der Waals surface area (Å²) in [6, 6.07) is 14.9. The Morgan fingerprint density at radius 3 is 0.327 bits per heavy atom. The molecule has 0 unspecified atom stereocenters. The summed E-state index contributed by atoms with van der Waals surface area (Å²) in [5.41, 5.74) is 0. The predicted octanol–water partition coefficient (Wildman–Crippen LogP) is 33.3. The second-order valence-electron chi connectivity index (χ2n) is 43.0. The van der Waals surface area contributed by atoms with E-state index in [4.69, 9.17) is 49.4 Å². The molecule has 0 aromatic heterocycles. The number of hydrogen-bond acceptors (Lipinski definition) is 12. The van der Waals surface area contributed by atoms with Gasteiger partial charge in [0.1, 0.15) is 0 Å². The van der Waals surface area contributed by atoms with Gasteiger partial charge in [0, 0.05) is 24.7 Å². The second kappa shape index (κ2) is 56.9. The lowest BCUT2D eigenvalue weighted by Gasteiger charge is -2.48. The Hall–Kier alpha value is 2.99. The first-order valence-corrected chi connectivity index (χ1v) is 94.0. The molecule has 0 saturated carbocycles. The fraction of sp³-hybridized carbons (Fsp3) is 1.00. The SMILES string of the molecule is CCCCCC[Si](C)(C)O[Si](CC[Si](C)(C)O[Si](C)(O[Si](C)(C)CC[Si](O[Si](C)(C)CCCCCC)(O[Si](C)(C)CCCCCC)O[Si](C)(C)CCCCCC)O[Si](C)(C)CC[Si](O[Si](C)(C)CCCCCC)(O[Si](C)(C)CCCCCC)O[Si](C)(C)CCCCCC)(O[Si](C)(C)CCCCCC)O[Si](C)(C)CCCCCC. The van der Waals surface area contributed by atoms with Crippen molar-refractivity contribution < 1.29 is 49.4 Å². The van der Waals surface area contributed by atoms with E-state index < -0.39 is 135 Å². The van der Waals surface area contributed by atoms with E-state index >= 15 is 0 Å². The zero-order chi connectivity index (χ0) is 86.5. The van der Waals surface area contributed by atoms with E-state index in [1.807, 2.05) is 0 Å². The quantitative estimate of drug-likeness (QED) is 0.0427. The van der Waals surface area contributed by atoms with E-state index in [1.54, 1.807) is 0 Å². The maximum Gasteiger partial charge on any atom is 0.469 e. The average molecular weight is 1870 g/mol. The zero-order valence-electron chi connectivity index (χ0n) is 83.0. The van der Waals surface area contributed by atoms with Crippen molar-refractivity contribution in [3.63, 3.8) is 0 Å². The Morgan fingerprint density at radius 1 is 0.115 bits per heavy atom. The van der Waals surface area contributed by atoms with E-state index in [0.29, 0.717) is 0 Å². The van der Waals surface area contributed by atoms with Crippen LogP contribution >= 0.6 is 0 Å². The van der Waals surface area contributed by atoms with Crippen molar-refractivity contribution in [2.75, 3.05) is 0 Å². The molecule has 113 heavy (non-hydrogen) atoms. The van der Waals surface area contributed by atoms with Crippen LogP contribution in [0, 0.1) is 0 Å². The summed E-state index contributed by atoms with van der Waals surface area (Å²) in [6.07, 6.45) is 44.5. The summed E-state index contributed by atoms with van der Waals surface area (Å²) in [4.78, 5) is 0. The van der Waals surface area contributed by atoms with Gasteiger partial charge in [-0.25, -0.2) is 0 Å². The predicted molar refractivity (Wildman–Crippen MR) is 541 cm³/mol. The Kier molecular flexibility index (Phi) is 58.4. The fourth-order valence-corrected chi connectivity index (χ4v) is 95.0. The number of rotatable bonds is 78. The molecule has 28 heteroatoms. The summed E-state index contributed by atoms with van der Waals surface area (Å²) in [6.45, 7) is 83.2. The Morgan fingerprint density at radius 2 is 0.221 bits per heavy atom. The molecule has 0 aliphatic carbocycles. The maximum absolute atomic E-state index is 8.36. The molecule has 0 N–H and O–H groups in total. The molecule has 0 spiro atoms. The first-order valence-electron chi connectivity index (χ1n) is 48.6. The van der Waals surface area contributed by atoms with Gasteiger partial charge >= 0.3 is 35.2 Å². The van der Waals surface area contributed by atoms with Gasteiger partial charge in [0.15, 0.2) is 99.8 Å².